The molecule has 0 saturated heterocycles. The minimum atomic E-state index is 0.537. The molecule has 0 amide bonds. The van der Waals surface area contributed by atoms with Crippen LogP contribution in [0.4, 0.5) is 5.69 Å². The van der Waals surface area contributed by atoms with E-state index in [4.69, 9.17) is 16.3 Å². The molecule has 0 aliphatic rings. The molecule has 0 spiro atoms. The average molecular weight is 388 g/mol. The van der Waals surface area contributed by atoms with Gasteiger partial charge in [-0.2, -0.15) is 0 Å². The Morgan fingerprint density at radius 1 is 0.821 bits per heavy atom. The van der Waals surface area contributed by atoms with E-state index in [1.54, 1.807) is 0 Å². The second-order valence-electron chi connectivity index (χ2n) is 6.85. The first-order valence-corrected chi connectivity index (χ1v) is 9.76. The molecule has 0 aliphatic heterocycles. The summed E-state index contributed by atoms with van der Waals surface area (Å²) >= 11 is 6.25. The van der Waals surface area contributed by atoms with Crippen molar-refractivity contribution in [1.82, 2.24) is 0 Å². The number of hydrogen-bond donors (Lipinski definition) is 1. The molecule has 3 heteroatoms. The van der Waals surface area contributed by atoms with Crippen LogP contribution in [0.3, 0.4) is 0 Å². The lowest BCUT2D eigenvalue weighted by Crippen LogP contribution is -2.05. The van der Waals surface area contributed by atoms with Crippen LogP contribution in [0.25, 0.3) is 10.8 Å². The Morgan fingerprint density at radius 2 is 1.61 bits per heavy atom. The van der Waals surface area contributed by atoms with Gasteiger partial charge in [0.05, 0.1) is 0 Å². The lowest BCUT2D eigenvalue weighted by Gasteiger charge is -2.15. The zero-order valence-corrected chi connectivity index (χ0v) is 16.5. The molecule has 0 unspecified atom stereocenters. The zero-order valence-electron chi connectivity index (χ0n) is 15.8. The summed E-state index contributed by atoms with van der Waals surface area (Å²) in [5.74, 6) is 0.848. The van der Waals surface area contributed by atoms with Crippen molar-refractivity contribution < 1.29 is 4.74 Å². The van der Waals surface area contributed by atoms with Crippen molar-refractivity contribution in [3.63, 3.8) is 0 Å². The third-order valence-corrected chi connectivity index (χ3v) is 5.16. The summed E-state index contributed by atoms with van der Waals surface area (Å²) in [5.41, 5.74) is 4.55. The predicted molar refractivity (Wildman–Crippen MR) is 118 cm³/mol. The Bertz CT molecular complexity index is 1100. The highest BCUT2D eigenvalue weighted by Gasteiger charge is 2.08. The van der Waals surface area contributed by atoms with Crippen LogP contribution in [0.2, 0.25) is 5.02 Å². The van der Waals surface area contributed by atoms with E-state index in [2.05, 4.69) is 66.8 Å². The first-order chi connectivity index (χ1) is 13.7. The van der Waals surface area contributed by atoms with Crippen molar-refractivity contribution in [1.29, 1.82) is 0 Å². The van der Waals surface area contributed by atoms with Crippen molar-refractivity contribution in [2.45, 2.75) is 20.1 Å². The van der Waals surface area contributed by atoms with Gasteiger partial charge in [0.1, 0.15) is 12.4 Å². The van der Waals surface area contributed by atoms with Gasteiger partial charge >= 0.3 is 0 Å². The van der Waals surface area contributed by atoms with Gasteiger partial charge in [-0.3, -0.25) is 0 Å². The number of anilines is 1. The molecule has 0 bridgehead atoms. The van der Waals surface area contributed by atoms with Gasteiger partial charge < -0.3 is 10.1 Å². The van der Waals surface area contributed by atoms with Crippen LogP contribution >= 0.6 is 11.6 Å². The molecule has 4 aromatic rings. The average Bonchev–Trinajstić information content (AvgIpc) is 2.72. The molecule has 1 N–H and O–H groups in total. The zero-order chi connectivity index (χ0) is 19.3. The normalized spacial score (nSPS) is 10.8. The van der Waals surface area contributed by atoms with Gasteiger partial charge in [-0.25, -0.2) is 0 Å². The van der Waals surface area contributed by atoms with Crippen LogP contribution in [-0.2, 0) is 13.2 Å². The highest BCUT2D eigenvalue weighted by Crippen LogP contribution is 2.28. The number of fused-ring (bicyclic) bond motifs is 1. The summed E-state index contributed by atoms with van der Waals surface area (Å²) in [6.45, 7) is 3.27. The van der Waals surface area contributed by atoms with Gasteiger partial charge in [0.15, 0.2) is 0 Å². The van der Waals surface area contributed by atoms with Crippen molar-refractivity contribution in [3.8, 4) is 5.75 Å². The van der Waals surface area contributed by atoms with Gasteiger partial charge in [0.25, 0.3) is 0 Å². The Kier molecular flexibility index (Phi) is 5.50. The van der Waals surface area contributed by atoms with Crippen LogP contribution in [0.1, 0.15) is 16.7 Å². The lowest BCUT2D eigenvalue weighted by molar-refractivity contribution is 0.302. The molecule has 0 radical (unpaired) electrons. The first kappa shape index (κ1) is 18.4. The summed E-state index contributed by atoms with van der Waals surface area (Å²) in [6, 6.07) is 28.7. The largest absolute Gasteiger partial charge is 0.489 e. The standard InChI is InChI=1S/C25H22ClNO/c1-18-7-2-3-9-20(18)17-28-25-14-13-22(26)15-21(25)16-27-24-12-6-10-19-8-4-5-11-23(19)24/h2-15,27H,16-17H2,1H3. The highest BCUT2D eigenvalue weighted by molar-refractivity contribution is 6.30. The van der Waals surface area contributed by atoms with Crippen molar-refractivity contribution in [2.75, 3.05) is 5.32 Å². The van der Waals surface area contributed by atoms with Crippen LogP contribution in [0, 0.1) is 6.92 Å². The van der Waals surface area contributed by atoms with Crippen molar-refractivity contribution >= 4 is 28.1 Å². The van der Waals surface area contributed by atoms with Crippen molar-refractivity contribution in [2.24, 2.45) is 0 Å². The summed E-state index contributed by atoms with van der Waals surface area (Å²) in [5, 5.41) is 6.67. The second-order valence-corrected chi connectivity index (χ2v) is 7.28. The molecule has 0 aliphatic carbocycles. The van der Waals surface area contributed by atoms with E-state index in [0.717, 1.165) is 17.0 Å². The smallest absolute Gasteiger partial charge is 0.124 e. The Balaban J connectivity index is 1.54. The first-order valence-electron chi connectivity index (χ1n) is 9.38. The summed E-state index contributed by atoms with van der Waals surface area (Å²) in [4.78, 5) is 0. The van der Waals surface area contributed by atoms with E-state index in [1.165, 1.54) is 21.9 Å². The maximum absolute atomic E-state index is 6.25. The molecule has 4 rings (SSSR count). The molecule has 0 fully saturated rings. The molecular formula is C25H22ClNO. The summed E-state index contributed by atoms with van der Waals surface area (Å²) in [6.07, 6.45) is 0. The second kappa shape index (κ2) is 8.37. The molecule has 0 aromatic heterocycles. The fraction of sp³-hybridized carbons (Fsp3) is 0.120. The van der Waals surface area contributed by atoms with Crippen LogP contribution in [0.15, 0.2) is 84.9 Å². The summed E-state index contributed by atoms with van der Waals surface area (Å²) < 4.78 is 6.14. The molecule has 0 heterocycles. The van der Waals surface area contributed by atoms with E-state index in [1.807, 2.05) is 30.3 Å². The summed E-state index contributed by atoms with van der Waals surface area (Å²) in [7, 11) is 0. The molecule has 2 nitrogen and oxygen atoms in total. The molecular weight excluding hydrogens is 366 g/mol. The molecule has 4 aromatic carbocycles. The number of hydrogen-bond acceptors (Lipinski definition) is 2. The van der Waals surface area contributed by atoms with Crippen molar-refractivity contribution in [3.05, 3.63) is 107 Å². The Morgan fingerprint density at radius 3 is 2.50 bits per heavy atom. The minimum absolute atomic E-state index is 0.537. The number of aryl methyl sites for hydroxylation is 1. The van der Waals surface area contributed by atoms with Gasteiger partial charge in [-0.1, -0.05) is 72.3 Å². The number of rotatable bonds is 6. The maximum Gasteiger partial charge on any atom is 0.124 e. The lowest BCUT2D eigenvalue weighted by atomic mass is 10.1. The fourth-order valence-corrected chi connectivity index (χ4v) is 3.52. The number of ether oxygens (including phenoxy) is 1. The monoisotopic (exact) mass is 387 g/mol. The SMILES string of the molecule is Cc1ccccc1COc1ccc(Cl)cc1CNc1cccc2ccccc12. The molecule has 140 valence electrons. The van der Waals surface area contributed by atoms with Crippen LogP contribution in [0.5, 0.6) is 5.75 Å². The van der Waals surface area contributed by atoms with E-state index in [9.17, 15) is 0 Å². The molecule has 28 heavy (non-hydrogen) atoms. The predicted octanol–water partition coefficient (Wildman–Crippen LogP) is 6.99. The number of halogens is 1. The quantitative estimate of drug-likeness (QED) is 0.384. The number of benzene rings is 4. The maximum atomic E-state index is 6.25. The third kappa shape index (κ3) is 4.13. The van der Waals surface area contributed by atoms with E-state index >= 15 is 0 Å². The highest BCUT2D eigenvalue weighted by atomic mass is 35.5. The van der Waals surface area contributed by atoms with Crippen LogP contribution in [-0.4, -0.2) is 0 Å². The van der Waals surface area contributed by atoms with E-state index < -0.39 is 0 Å². The van der Waals surface area contributed by atoms with E-state index in [0.29, 0.717) is 18.2 Å². The third-order valence-electron chi connectivity index (χ3n) is 4.93. The number of nitrogens with one attached hydrogen (secondary N) is 1. The minimum Gasteiger partial charge on any atom is -0.489 e. The van der Waals surface area contributed by atoms with E-state index in [-0.39, 0.29) is 0 Å². The fourth-order valence-electron chi connectivity index (χ4n) is 3.32. The van der Waals surface area contributed by atoms with Gasteiger partial charge in [0, 0.05) is 28.2 Å². The molecule has 0 saturated carbocycles. The van der Waals surface area contributed by atoms with Gasteiger partial charge in [-0.05, 0) is 47.7 Å². The Hall–Kier alpha value is -2.97. The van der Waals surface area contributed by atoms with Gasteiger partial charge in [-0.15, -0.1) is 0 Å². The molecule has 0 atom stereocenters. The van der Waals surface area contributed by atoms with Crippen LogP contribution < -0.4 is 10.1 Å². The Labute approximate surface area is 170 Å². The topological polar surface area (TPSA) is 21.3 Å². The van der Waals surface area contributed by atoms with Gasteiger partial charge in [0.2, 0.25) is 0 Å².